The predicted molar refractivity (Wildman–Crippen MR) is 71.4 cm³/mol. The van der Waals surface area contributed by atoms with E-state index in [-0.39, 0.29) is 5.56 Å². The molecule has 1 heterocycles. The number of aromatic nitrogens is 1. The first-order valence-corrected chi connectivity index (χ1v) is 6.12. The fraction of sp³-hybridized carbons (Fsp3) is 0.0769. The number of rotatable bonds is 2. The summed E-state index contributed by atoms with van der Waals surface area (Å²) in [6, 6.07) is 5.22. The minimum atomic E-state index is -1.29. The molecule has 0 radical (unpaired) electrons. The van der Waals surface area contributed by atoms with Gasteiger partial charge in [0.2, 0.25) is 0 Å². The van der Waals surface area contributed by atoms with Crippen LogP contribution in [0, 0.1) is 12.7 Å². The molecule has 0 fully saturated rings. The smallest absolute Gasteiger partial charge is 0.341 e. The van der Waals surface area contributed by atoms with E-state index in [2.05, 4.69) is 15.9 Å². The normalized spacial score (nSPS) is 10.5. The van der Waals surface area contributed by atoms with Crippen molar-refractivity contribution < 1.29 is 14.3 Å². The number of carbonyl (C=O) groups is 1. The van der Waals surface area contributed by atoms with Gasteiger partial charge in [0.15, 0.2) is 0 Å². The van der Waals surface area contributed by atoms with Crippen LogP contribution in [-0.4, -0.2) is 15.6 Å². The molecule has 4 nitrogen and oxygen atoms in total. The van der Waals surface area contributed by atoms with Crippen molar-refractivity contribution in [3.8, 4) is 5.69 Å². The zero-order valence-corrected chi connectivity index (χ0v) is 11.4. The van der Waals surface area contributed by atoms with Crippen LogP contribution in [0.1, 0.15) is 15.9 Å². The Labute approximate surface area is 116 Å². The molecule has 0 amide bonds. The van der Waals surface area contributed by atoms with Crippen molar-refractivity contribution in [2.75, 3.05) is 0 Å². The summed E-state index contributed by atoms with van der Waals surface area (Å²) in [5.41, 5.74) is -0.205. The van der Waals surface area contributed by atoms with E-state index >= 15 is 0 Å². The molecule has 0 aliphatic carbocycles. The molecule has 0 saturated heterocycles. The Morgan fingerprint density at radius 1 is 1.32 bits per heavy atom. The van der Waals surface area contributed by atoms with Gasteiger partial charge in [-0.3, -0.25) is 9.36 Å². The lowest BCUT2D eigenvalue weighted by molar-refractivity contribution is 0.0693. The molecule has 98 valence electrons. The van der Waals surface area contributed by atoms with Crippen molar-refractivity contribution in [2.24, 2.45) is 0 Å². The summed E-state index contributed by atoms with van der Waals surface area (Å²) in [7, 11) is 0. The third-order valence-corrected chi connectivity index (χ3v) is 3.53. The van der Waals surface area contributed by atoms with E-state index in [0.717, 1.165) is 0 Å². The van der Waals surface area contributed by atoms with Crippen molar-refractivity contribution in [3.05, 3.63) is 62.2 Å². The zero-order chi connectivity index (χ0) is 14.2. The van der Waals surface area contributed by atoms with Crippen LogP contribution >= 0.6 is 15.9 Å². The Balaban J connectivity index is 2.75. The Bertz CT molecular complexity index is 707. The third kappa shape index (κ3) is 2.44. The quantitative estimate of drug-likeness (QED) is 0.923. The minimum absolute atomic E-state index is 0.307. The maximum Gasteiger partial charge on any atom is 0.341 e. The maximum atomic E-state index is 12.9. The SMILES string of the molecule is Cc1c(Br)cn(-c2ccc(F)cc2)c(=O)c1C(=O)O. The van der Waals surface area contributed by atoms with E-state index in [4.69, 9.17) is 5.11 Å². The summed E-state index contributed by atoms with van der Waals surface area (Å²) in [5.74, 6) is -1.72. The monoisotopic (exact) mass is 325 g/mol. The predicted octanol–water partition coefficient (Wildman–Crippen LogP) is 2.75. The molecule has 0 aliphatic rings. The summed E-state index contributed by atoms with van der Waals surface area (Å²) in [6.07, 6.45) is 1.47. The molecule has 0 aliphatic heterocycles. The Hall–Kier alpha value is -1.95. The average Bonchev–Trinajstić information content (AvgIpc) is 2.35. The summed E-state index contributed by atoms with van der Waals surface area (Å²) in [6.45, 7) is 1.55. The van der Waals surface area contributed by atoms with E-state index in [1.165, 1.54) is 35.0 Å². The van der Waals surface area contributed by atoms with Crippen LogP contribution in [-0.2, 0) is 0 Å². The molecule has 2 rings (SSSR count). The molecule has 0 spiro atoms. The lowest BCUT2D eigenvalue weighted by Gasteiger charge is -2.10. The number of pyridine rings is 1. The van der Waals surface area contributed by atoms with Gasteiger partial charge in [-0.25, -0.2) is 9.18 Å². The Morgan fingerprint density at radius 3 is 2.42 bits per heavy atom. The van der Waals surface area contributed by atoms with Gasteiger partial charge < -0.3 is 5.11 Å². The van der Waals surface area contributed by atoms with Crippen molar-refractivity contribution in [1.29, 1.82) is 0 Å². The summed E-state index contributed by atoms with van der Waals surface area (Å²) in [4.78, 5) is 23.3. The van der Waals surface area contributed by atoms with Gasteiger partial charge in [0, 0.05) is 16.4 Å². The van der Waals surface area contributed by atoms with Crippen LogP contribution in [0.25, 0.3) is 5.69 Å². The van der Waals surface area contributed by atoms with Crippen LogP contribution in [0.2, 0.25) is 0 Å². The van der Waals surface area contributed by atoms with Gasteiger partial charge in [0.25, 0.3) is 5.56 Å². The van der Waals surface area contributed by atoms with Crippen LogP contribution in [0.5, 0.6) is 0 Å². The number of carboxylic acid groups (broad SMARTS) is 1. The number of hydrogen-bond donors (Lipinski definition) is 1. The van der Waals surface area contributed by atoms with Crippen LogP contribution in [0.4, 0.5) is 4.39 Å². The van der Waals surface area contributed by atoms with Crippen molar-refractivity contribution in [3.63, 3.8) is 0 Å². The van der Waals surface area contributed by atoms with Gasteiger partial charge in [-0.05, 0) is 52.7 Å². The Morgan fingerprint density at radius 2 is 1.89 bits per heavy atom. The molecular formula is C13H9BrFNO3. The largest absolute Gasteiger partial charge is 0.477 e. The first kappa shape index (κ1) is 13.5. The number of halogens is 2. The van der Waals surface area contributed by atoms with Gasteiger partial charge >= 0.3 is 5.97 Å². The maximum absolute atomic E-state index is 12.9. The van der Waals surface area contributed by atoms with Crippen LogP contribution in [0.15, 0.2) is 39.7 Å². The first-order chi connectivity index (χ1) is 8.91. The minimum Gasteiger partial charge on any atom is -0.477 e. The number of aromatic carboxylic acids is 1. The molecule has 19 heavy (non-hydrogen) atoms. The van der Waals surface area contributed by atoms with E-state index < -0.39 is 17.3 Å². The lowest BCUT2D eigenvalue weighted by atomic mass is 10.1. The third-order valence-electron chi connectivity index (χ3n) is 2.73. The van der Waals surface area contributed by atoms with Crippen LogP contribution in [0.3, 0.4) is 0 Å². The lowest BCUT2D eigenvalue weighted by Crippen LogP contribution is -2.26. The highest BCUT2D eigenvalue weighted by Gasteiger charge is 2.18. The van der Waals surface area contributed by atoms with E-state index in [9.17, 15) is 14.0 Å². The molecule has 1 aromatic carbocycles. The zero-order valence-electron chi connectivity index (χ0n) is 9.85. The Kier molecular flexibility index (Phi) is 3.53. The second-order valence-electron chi connectivity index (χ2n) is 3.93. The molecule has 0 atom stereocenters. The molecule has 1 aromatic heterocycles. The summed E-state index contributed by atoms with van der Waals surface area (Å²) < 4.78 is 14.5. The highest BCUT2D eigenvalue weighted by molar-refractivity contribution is 9.10. The second-order valence-corrected chi connectivity index (χ2v) is 4.79. The standard InChI is InChI=1S/C13H9BrFNO3/c1-7-10(14)6-16(12(17)11(7)13(18)19)9-4-2-8(15)3-5-9/h2-6H,1H3,(H,18,19). The summed E-state index contributed by atoms with van der Waals surface area (Å²) >= 11 is 3.21. The van der Waals surface area contributed by atoms with E-state index in [1.54, 1.807) is 6.92 Å². The first-order valence-electron chi connectivity index (χ1n) is 5.33. The number of nitrogens with zero attached hydrogens (tertiary/aromatic N) is 1. The van der Waals surface area contributed by atoms with E-state index in [1.807, 2.05) is 0 Å². The number of carboxylic acids is 1. The highest BCUT2D eigenvalue weighted by atomic mass is 79.9. The van der Waals surface area contributed by atoms with Crippen LogP contribution < -0.4 is 5.56 Å². The summed E-state index contributed by atoms with van der Waals surface area (Å²) in [5, 5.41) is 9.09. The van der Waals surface area contributed by atoms with E-state index in [0.29, 0.717) is 15.7 Å². The molecule has 0 unspecified atom stereocenters. The molecule has 2 aromatic rings. The van der Waals surface area contributed by atoms with Gasteiger partial charge in [-0.1, -0.05) is 0 Å². The number of benzene rings is 1. The van der Waals surface area contributed by atoms with Gasteiger partial charge in [0.05, 0.1) is 0 Å². The molecule has 0 saturated carbocycles. The molecule has 0 bridgehead atoms. The van der Waals surface area contributed by atoms with Gasteiger partial charge in [-0.15, -0.1) is 0 Å². The fourth-order valence-corrected chi connectivity index (χ4v) is 2.12. The van der Waals surface area contributed by atoms with Gasteiger partial charge in [-0.2, -0.15) is 0 Å². The average molecular weight is 326 g/mol. The molecule has 1 N–H and O–H groups in total. The fourth-order valence-electron chi connectivity index (χ4n) is 1.71. The van der Waals surface area contributed by atoms with Gasteiger partial charge in [0.1, 0.15) is 11.4 Å². The highest BCUT2D eigenvalue weighted by Crippen LogP contribution is 2.19. The molecule has 6 heteroatoms. The van der Waals surface area contributed by atoms with Crippen molar-refractivity contribution in [2.45, 2.75) is 6.92 Å². The molecular weight excluding hydrogens is 317 g/mol. The van der Waals surface area contributed by atoms with Crippen molar-refractivity contribution in [1.82, 2.24) is 4.57 Å². The number of hydrogen-bond acceptors (Lipinski definition) is 2. The second kappa shape index (κ2) is 4.97. The van der Waals surface area contributed by atoms with Crippen molar-refractivity contribution >= 4 is 21.9 Å². The topological polar surface area (TPSA) is 59.3 Å².